The Hall–Kier alpha value is -0.590. The quantitative estimate of drug-likeness (QED) is 0.831. The lowest BCUT2D eigenvalue weighted by molar-refractivity contribution is 0.378. The van der Waals surface area contributed by atoms with Gasteiger partial charge in [-0.25, -0.2) is 13.1 Å². The number of halogens is 1. The Morgan fingerprint density at radius 3 is 2.44 bits per heavy atom. The minimum atomic E-state index is -3.48. The monoisotopic (exact) mass is 334 g/mol. The predicted molar refractivity (Wildman–Crippen MR) is 77.8 cm³/mol. The van der Waals surface area contributed by atoms with Crippen LogP contribution >= 0.6 is 15.9 Å². The van der Waals surface area contributed by atoms with Crippen LogP contribution in [0.2, 0.25) is 0 Å². The smallest absolute Gasteiger partial charge is 0.241 e. The Labute approximate surface area is 117 Å². The number of nitrogens with two attached hydrogens (primary N) is 1. The summed E-state index contributed by atoms with van der Waals surface area (Å²) in [6.45, 7) is 6.63. The molecule has 0 aliphatic carbocycles. The van der Waals surface area contributed by atoms with E-state index in [2.05, 4.69) is 41.4 Å². The van der Waals surface area contributed by atoms with Crippen LogP contribution in [0, 0.1) is 5.41 Å². The van der Waals surface area contributed by atoms with Crippen LogP contribution in [0.1, 0.15) is 27.2 Å². The van der Waals surface area contributed by atoms with Gasteiger partial charge in [0.25, 0.3) is 0 Å². The Morgan fingerprint density at radius 2 is 1.94 bits per heavy atom. The topological polar surface area (TPSA) is 72.2 Å². The molecular weight excluding hydrogens is 316 g/mol. The summed E-state index contributed by atoms with van der Waals surface area (Å²) < 4.78 is 27.2. The number of rotatable bonds is 4. The van der Waals surface area contributed by atoms with Crippen LogP contribution in [-0.2, 0) is 10.0 Å². The first-order chi connectivity index (χ1) is 8.12. The molecule has 1 aromatic carbocycles. The molecule has 0 aromatic heterocycles. The number of nitrogen functional groups attached to an aromatic ring is 1. The zero-order chi connectivity index (χ0) is 14.0. The van der Waals surface area contributed by atoms with Gasteiger partial charge in [-0.1, -0.05) is 20.8 Å². The number of anilines is 1. The summed E-state index contributed by atoms with van der Waals surface area (Å²) in [6.07, 6.45) is 0.777. The second kappa shape index (κ2) is 5.59. The van der Waals surface area contributed by atoms with E-state index in [1.807, 2.05) is 0 Å². The zero-order valence-electron chi connectivity index (χ0n) is 10.8. The van der Waals surface area contributed by atoms with E-state index >= 15 is 0 Å². The maximum absolute atomic E-state index is 12.1. The molecule has 1 rings (SSSR count). The molecule has 0 bridgehead atoms. The van der Waals surface area contributed by atoms with E-state index < -0.39 is 10.0 Å². The van der Waals surface area contributed by atoms with Crippen molar-refractivity contribution in [3.63, 3.8) is 0 Å². The highest BCUT2D eigenvalue weighted by Gasteiger charge is 2.18. The first kappa shape index (κ1) is 15.5. The van der Waals surface area contributed by atoms with Crippen molar-refractivity contribution in [3.05, 3.63) is 22.7 Å². The van der Waals surface area contributed by atoms with Gasteiger partial charge >= 0.3 is 0 Å². The molecule has 0 unspecified atom stereocenters. The Kier molecular flexibility index (Phi) is 4.80. The number of hydrogen-bond acceptors (Lipinski definition) is 3. The normalized spacial score (nSPS) is 12.7. The number of hydrogen-bond donors (Lipinski definition) is 2. The fraction of sp³-hybridized carbons (Fsp3) is 0.500. The Balaban J connectivity index is 2.81. The fourth-order valence-corrected chi connectivity index (χ4v) is 3.50. The van der Waals surface area contributed by atoms with E-state index in [4.69, 9.17) is 5.73 Å². The molecule has 18 heavy (non-hydrogen) atoms. The van der Waals surface area contributed by atoms with E-state index in [1.54, 1.807) is 12.1 Å². The van der Waals surface area contributed by atoms with Crippen LogP contribution in [0.25, 0.3) is 0 Å². The van der Waals surface area contributed by atoms with Gasteiger partial charge in [0.2, 0.25) is 10.0 Å². The Bertz CT molecular complexity index is 521. The molecule has 0 saturated heterocycles. The maximum atomic E-state index is 12.1. The fourth-order valence-electron chi connectivity index (χ4n) is 1.37. The van der Waals surface area contributed by atoms with Gasteiger partial charge in [0, 0.05) is 16.7 Å². The number of sulfonamides is 1. The molecule has 0 spiro atoms. The molecule has 0 aliphatic rings. The van der Waals surface area contributed by atoms with E-state index in [0.29, 0.717) is 16.7 Å². The van der Waals surface area contributed by atoms with Gasteiger partial charge < -0.3 is 5.73 Å². The maximum Gasteiger partial charge on any atom is 0.241 e. The number of nitrogens with one attached hydrogen (secondary N) is 1. The SMILES string of the molecule is CC(C)(C)CCNS(=O)(=O)c1ccc(N)cc1Br. The molecule has 1 aromatic rings. The van der Waals surface area contributed by atoms with Crippen LogP contribution in [0.15, 0.2) is 27.6 Å². The van der Waals surface area contributed by atoms with Gasteiger partial charge in [0.1, 0.15) is 0 Å². The summed E-state index contributed by atoms with van der Waals surface area (Å²) in [5.74, 6) is 0. The summed E-state index contributed by atoms with van der Waals surface area (Å²) in [7, 11) is -3.48. The molecule has 0 radical (unpaired) electrons. The van der Waals surface area contributed by atoms with Crippen molar-refractivity contribution in [2.75, 3.05) is 12.3 Å². The van der Waals surface area contributed by atoms with E-state index in [1.165, 1.54) is 6.07 Å². The summed E-state index contributed by atoms with van der Waals surface area (Å²) in [4.78, 5) is 0.214. The first-order valence-electron chi connectivity index (χ1n) is 5.66. The van der Waals surface area contributed by atoms with Gasteiger partial charge in [0.05, 0.1) is 4.90 Å². The molecule has 0 heterocycles. The molecular formula is C12H19BrN2O2S. The van der Waals surface area contributed by atoms with Crippen LogP contribution in [0.3, 0.4) is 0 Å². The van der Waals surface area contributed by atoms with Crippen LogP contribution < -0.4 is 10.5 Å². The third kappa shape index (κ3) is 4.59. The van der Waals surface area contributed by atoms with E-state index in [0.717, 1.165) is 6.42 Å². The van der Waals surface area contributed by atoms with Gasteiger partial charge in [-0.2, -0.15) is 0 Å². The Morgan fingerprint density at radius 1 is 1.33 bits per heavy atom. The van der Waals surface area contributed by atoms with Crippen molar-refractivity contribution >= 4 is 31.6 Å². The second-order valence-corrected chi connectivity index (χ2v) is 7.99. The van der Waals surface area contributed by atoms with Crippen molar-refractivity contribution in [1.29, 1.82) is 0 Å². The third-order valence-corrected chi connectivity index (χ3v) is 4.85. The lowest BCUT2D eigenvalue weighted by Gasteiger charge is -2.18. The second-order valence-electron chi connectivity index (χ2n) is 5.40. The van der Waals surface area contributed by atoms with Gasteiger partial charge in [-0.15, -0.1) is 0 Å². The van der Waals surface area contributed by atoms with Gasteiger partial charge in [-0.05, 0) is 46.0 Å². The molecule has 0 amide bonds. The molecule has 102 valence electrons. The van der Waals surface area contributed by atoms with Crippen LogP contribution in [0.5, 0.6) is 0 Å². The molecule has 0 saturated carbocycles. The molecule has 6 heteroatoms. The van der Waals surface area contributed by atoms with Gasteiger partial charge in [-0.3, -0.25) is 0 Å². The van der Waals surface area contributed by atoms with Crippen molar-refractivity contribution in [2.24, 2.45) is 5.41 Å². The van der Waals surface area contributed by atoms with Crippen molar-refractivity contribution in [3.8, 4) is 0 Å². The molecule has 0 atom stereocenters. The zero-order valence-corrected chi connectivity index (χ0v) is 13.2. The summed E-state index contributed by atoms with van der Waals surface area (Å²) in [6, 6.07) is 4.65. The number of benzene rings is 1. The molecule has 0 aliphatic heterocycles. The molecule has 0 fully saturated rings. The largest absolute Gasteiger partial charge is 0.399 e. The highest BCUT2D eigenvalue weighted by molar-refractivity contribution is 9.10. The summed E-state index contributed by atoms with van der Waals surface area (Å²) >= 11 is 3.22. The van der Waals surface area contributed by atoms with Crippen LogP contribution in [-0.4, -0.2) is 15.0 Å². The highest BCUT2D eigenvalue weighted by atomic mass is 79.9. The molecule has 4 nitrogen and oxygen atoms in total. The minimum absolute atomic E-state index is 0.0981. The predicted octanol–water partition coefficient (Wildman–Crippen LogP) is 2.75. The van der Waals surface area contributed by atoms with E-state index in [9.17, 15) is 8.42 Å². The molecule has 3 N–H and O–H groups in total. The lowest BCUT2D eigenvalue weighted by Crippen LogP contribution is -2.27. The third-order valence-electron chi connectivity index (χ3n) is 2.41. The minimum Gasteiger partial charge on any atom is -0.399 e. The lowest BCUT2D eigenvalue weighted by atomic mass is 9.93. The van der Waals surface area contributed by atoms with Crippen molar-refractivity contribution in [1.82, 2.24) is 4.72 Å². The summed E-state index contributed by atoms with van der Waals surface area (Å²) in [5, 5.41) is 0. The van der Waals surface area contributed by atoms with Gasteiger partial charge in [0.15, 0.2) is 0 Å². The van der Waals surface area contributed by atoms with Crippen molar-refractivity contribution < 1.29 is 8.42 Å². The average Bonchev–Trinajstić information content (AvgIpc) is 2.13. The van der Waals surface area contributed by atoms with Crippen molar-refractivity contribution in [2.45, 2.75) is 32.1 Å². The highest BCUT2D eigenvalue weighted by Crippen LogP contribution is 2.24. The van der Waals surface area contributed by atoms with E-state index in [-0.39, 0.29) is 10.3 Å². The average molecular weight is 335 g/mol. The standard InChI is InChI=1S/C12H19BrN2O2S/c1-12(2,3)6-7-15-18(16,17)11-5-4-9(14)8-10(11)13/h4-5,8,15H,6-7,14H2,1-3H3. The first-order valence-corrected chi connectivity index (χ1v) is 7.94. The van der Waals surface area contributed by atoms with Crippen LogP contribution in [0.4, 0.5) is 5.69 Å². The summed E-state index contributed by atoms with van der Waals surface area (Å²) in [5.41, 5.74) is 6.20.